The van der Waals surface area contributed by atoms with E-state index in [9.17, 15) is 15.0 Å². The lowest BCUT2D eigenvalue weighted by Crippen LogP contribution is -2.23. The SMILES string of the molecule is CCc1nc2c(O)cc(C(=O)N(C)C)c(CCC(O)c3ccccc3)c2n1C. The molecular formula is C22H27N3O3. The number of imidazole rings is 1. The highest BCUT2D eigenvalue weighted by Crippen LogP contribution is 2.33. The first kappa shape index (κ1) is 19.9. The molecule has 1 heterocycles. The Bertz CT molecular complexity index is 993. The Hall–Kier alpha value is -2.86. The number of aromatic hydroxyl groups is 1. The van der Waals surface area contributed by atoms with Gasteiger partial charge in [-0.05, 0) is 30.0 Å². The van der Waals surface area contributed by atoms with Gasteiger partial charge in [0.25, 0.3) is 5.91 Å². The molecular weight excluding hydrogens is 354 g/mol. The van der Waals surface area contributed by atoms with Crippen LogP contribution in [0.2, 0.25) is 0 Å². The maximum Gasteiger partial charge on any atom is 0.253 e. The molecule has 6 heteroatoms. The second kappa shape index (κ2) is 8.02. The van der Waals surface area contributed by atoms with Gasteiger partial charge < -0.3 is 19.7 Å². The lowest BCUT2D eigenvalue weighted by atomic mass is 9.95. The Kier molecular flexibility index (Phi) is 5.70. The zero-order valence-corrected chi connectivity index (χ0v) is 16.8. The number of benzene rings is 2. The number of nitrogens with zero attached hydrogens (tertiary/aromatic N) is 3. The predicted molar refractivity (Wildman–Crippen MR) is 109 cm³/mol. The summed E-state index contributed by atoms with van der Waals surface area (Å²) in [5.41, 5.74) is 3.34. The molecule has 0 bridgehead atoms. The summed E-state index contributed by atoms with van der Waals surface area (Å²) in [7, 11) is 5.27. The maximum atomic E-state index is 12.8. The van der Waals surface area contributed by atoms with Crippen molar-refractivity contribution in [2.45, 2.75) is 32.3 Å². The molecule has 2 aromatic carbocycles. The average molecular weight is 381 g/mol. The summed E-state index contributed by atoms with van der Waals surface area (Å²) < 4.78 is 1.94. The van der Waals surface area contributed by atoms with Crippen molar-refractivity contribution in [3.05, 3.63) is 58.9 Å². The van der Waals surface area contributed by atoms with Gasteiger partial charge in [0, 0.05) is 33.1 Å². The quantitative estimate of drug-likeness (QED) is 0.687. The molecule has 1 amide bonds. The van der Waals surface area contributed by atoms with Crippen molar-refractivity contribution in [3.8, 4) is 5.75 Å². The van der Waals surface area contributed by atoms with Gasteiger partial charge in [-0.1, -0.05) is 37.3 Å². The lowest BCUT2D eigenvalue weighted by Gasteiger charge is -2.18. The van der Waals surface area contributed by atoms with Crippen molar-refractivity contribution in [1.29, 1.82) is 0 Å². The first-order valence-corrected chi connectivity index (χ1v) is 9.49. The van der Waals surface area contributed by atoms with Crippen LogP contribution in [-0.4, -0.2) is 44.7 Å². The Morgan fingerprint density at radius 2 is 1.93 bits per heavy atom. The summed E-state index contributed by atoms with van der Waals surface area (Å²) in [5, 5.41) is 21.1. The van der Waals surface area contributed by atoms with E-state index in [2.05, 4.69) is 4.98 Å². The number of carbonyl (C=O) groups excluding carboxylic acids is 1. The van der Waals surface area contributed by atoms with Crippen molar-refractivity contribution in [2.75, 3.05) is 14.1 Å². The zero-order chi connectivity index (χ0) is 20.4. The average Bonchev–Trinajstić information content (AvgIpc) is 3.04. The second-order valence-corrected chi connectivity index (χ2v) is 7.22. The number of aliphatic hydroxyl groups is 1. The summed E-state index contributed by atoms with van der Waals surface area (Å²) in [4.78, 5) is 18.8. The van der Waals surface area contributed by atoms with Crippen molar-refractivity contribution in [2.24, 2.45) is 7.05 Å². The number of phenolic OH excluding ortho intramolecular Hbond substituents is 1. The summed E-state index contributed by atoms with van der Waals surface area (Å²) in [5.74, 6) is 0.660. The number of hydrogen-bond donors (Lipinski definition) is 2. The van der Waals surface area contributed by atoms with Crippen LogP contribution in [0.5, 0.6) is 5.75 Å². The highest BCUT2D eigenvalue weighted by Gasteiger charge is 2.23. The molecule has 0 aliphatic heterocycles. The molecule has 3 aromatic rings. The minimum Gasteiger partial charge on any atom is -0.506 e. The molecule has 1 unspecified atom stereocenters. The molecule has 0 radical (unpaired) electrons. The number of aromatic nitrogens is 2. The predicted octanol–water partition coefficient (Wildman–Crippen LogP) is 3.21. The van der Waals surface area contributed by atoms with Crippen LogP contribution in [0.3, 0.4) is 0 Å². The van der Waals surface area contributed by atoms with Crippen molar-refractivity contribution in [3.63, 3.8) is 0 Å². The van der Waals surface area contributed by atoms with E-state index in [4.69, 9.17) is 0 Å². The number of amides is 1. The smallest absolute Gasteiger partial charge is 0.253 e. The van der Waals surface area contributed by atoms with E-state index in [0.29, 0.717) is 30.3 Å². The van der Waals surface area contributed by atoms with E-state index >= 15 is 0 Å². The third-order valence-electron chi connectivity index (χ3n) is 5.13. The van der Waals surface area contributed by atoms with E-state index in [-0.39, 0.29) is 11.7 Å². The van der Waals surface area contributed by atoms with E-state index in [1.165, 1.54) is 11.0 Å². The topological polar surface area (TPSA) is 78.6 Å². The lowest BCUT2D eigenvalue weighted by molar-refractivity contribution is 0.0825. The van der Waals surface area contributed by atoms with Gasteiger partial charge in [0.2, 0.25) is 0 Å². The molecule has 0 saturated carbocycles. The van der Waals surface area contributed by atoms with Crippen LogP contribution in [0.1, 0.15) is 46.8 Å². The molecule has 0 fully saturated rings. The van der Waals surface area contributed by atoms with Crippen LogP contribution in [0, 0.1) is 0 Å². The number of aliphatic hydroxyl groups excluding tert-OH is 1. The van der Waals surface area contributed by atoms with Gasteiger partial charge in [0.1, 0.15) is 17.1 Å². The maximum absolute atomic E-state index is 12.8. The van der Waals surface area contributed by atoms with Crippen molar-refractivity contribution >= 4 is 16.9 Å². The Balaban J connectivity index is 2.09. The number of rotatable bonds is 6. The van der Waals surface area contributed by atoms with E-state index in [1.54, 1.807) is 14.1 Å². The van der Waals surface area contributed by atoms with E-state index in [0.717, 1.165) is 22.5 Å². The van der Waals surface area contributed by atoms with Gasteiger partial charge in [-0.2, -0.15) is 0 Å². The van der Waals surface area contributed by atoms with Crippen LogP contribution in [-0.2, 0) is 19.9 Å². The largest absolute Gasteiger partial charge is 0.506 e. The van der Waals surface area contributed by atoms with Crippen LogP contribution < -0.4 is 0 Å². The Morgan fingerprint density at radius 1 is 1.25 bits per heavy atom. The fourth-order valence-electron chi connectivity index (χ4n) is 3.61. The van der Waals surface area contributed by atoms with Crippen LogP contribution in [0.4, 0.5) is 0 Å². The van der Waals surface area contributed by atoms with Crippen LogP contribution in [0.25, 0.3) is 11.0 Å². The molecule has 2 N–H and O–H groups in total. The summed E-state index contributed by atoms with van der Waals surface area (Å²) in [6.07, 6.45) is 1.04. The Morgan fingerprint density at radius 3 is 2.54 bits per heavy atom. The fraction of sp³-hybridized carbons (Fsp3) is 0.364. The second-order valence-electron chi connectivity index (χ2n) is 7.22. The summed E-state index contributed by atoms with van der Waals surface area (Å²) >= 11 is 0. The van der Waals surface area contributed by atoms with E-state index < -0.39 is 6.10 Å². The third kappa shape index (κ3) is 3.60. The normalized spacial score (nSPS) is 12.3. The van der Waals surface area contributed by atoms with Gasteiger partial charge in [0.05, 0.1) is 11.6 Å². The Labute approximate surface area is 165 Å². The standard InChI is InChI=1S/C22H27N3O3/c1-5-19-23-20-18(27)13-16(22(28)24(2)3)15(21(20)25(19)4)11-12-17(26)14-9-7-6-8-10-14/h6-10,13,17,26-27H,5,11-12H2,1-4H3. The number of phenols is 1. The highest BCUT2D eigenvalue weighted by atomic mass is 16.3. The number of aryl methyl sites for hydroxylation is 3. The number of fused-ring (bicyclic) bond motifs is 1. The fourth-order valence-corrected chi connectivity index (χ4v) is 3.61. The monoisotopic (exact) mass is 381 g/mol. The minimum atomic E-state index is -0.633. The zero-order valence-electron chi connectivity index (χ0n) is 16.8. The van der Waals surface area contributed by atoms with Gasteiger partial charge in [0.15, 0.2) is 0 Å². The summed E-state index contributed by atoms with van der Waals surface area (Å²) in [6, 6.07) is 11.0. The van der Waals surface area contributed by atoms with Crippen molar-refractivity contribution < 1.29 is 15.0 Å². The molecule has 0 saturated heterocycles. The van der Waals surface area contributed by atoms with E-state index in [1.807, 2.05) is 48.9 Å². The van der Waals surface area contributed by atoms with Gasteiger partial charge in [-0.15, -0.1) is 0 Å². The highest BCUT2D eigenvalue weighted by molar-refractivity contribution is 6.01. The molecule has 1 atom stereocenters. The van der Waals surface area contributed by atoms with Crippen LogP contribution >= 0.6 is 0 Å². The molecule has 0 aliphatic carbocycles. The minimum absolute atomic E-state index is 0.00265. The molecule has 28 heavy (non-hydrogen) atoms. The molecule has 148 valence electrons. The van der Waals surface area contributed by atoms with Gasteiger partial charge in [-0.25, -0.2) is 4.98 Å². The molecule has 1 aromatic heterocycles. The van der Waals surface area contributed by atoms with Gasteiger partial charge >= 0.3 is 0 Å². The van der Waals surface area contributed by atoms with Crippen LogP contribution in [0.15, 0.2) is 36.4 Å². The first-order chi connectivity index (χ1) is 13.3. The van der Waals surface area contributed by atoms with Crippen molar-refractivity contribution in [1.82, 2.24) is 14.5 Å². The first-order valence-electron chi connectivity index (χ1n) is 9.49. The molecule has 0 spiro atoms. The number of carbonyl (C=O) groups is 1. The third-order valence-corrected chi connectivity index (χ3v) is 5.13. The molecule has 3 rings (SSSR count). The molecule has 0 aliphatic rings. The number of hydrogen-bond acceptors (Lipinski definition) is 4. The summed E-state index contributed by atoms with van der Waals surface area (Å²) in [6.45, 7) is 2.00. The van der Waals surface area contributed by atoms with Gasteiger partial charge in [-0.3, -0.25) is 4.79 Å². The molecule has 6 nitrogen and oxygen atoms in total.